The zero-order valence-electron chi connectivity index (χ0n) is 19.8. The molecule has 7 heteroatoms. The van der Waals surface area contributed by atoms with Crippen molar-refractivity contribution in [2.24, 2.45) is 0 Å². The average molecular weight is 450 g/mol. The van der Waals surface area contributed by atoms with E-state index in [2.05, 4.69) is 49.7 Å². The van der Waals surface area contributed by atoms with Crippen LogP contribution in [0.1, 0.15) is 79.8 Å². The van der Waals surface area contributed by atoms with Crippen LogP contribution in [-0.4, -0.2) is 35.5 Å². The first-order valence-corrected chi connectivity index (χ1v) is 11.2. The highest BCUT2D eigenvalue weighted by Gasteiger charge is 2.32. The highest BCUT2D eigenvalue weighted by molar-refractivity contribution is 6.05. The van der Waals surface area contributed by atoms with Crippen LogP contribution in [0.4, 0.5) is 18.9 Å². The van der Waals surface area contributed by atoms with E-state index in [0.29, 0.717) is 17.6 Å². The SMILES string of the molecule is Cc1c(C(=O)Nc2cccc(C(F)(F)F)c2)cc(C(C)(C)C)n1[C@H]1CC[C@@H](N(C)C)CC1. The van der Waals surface area contributed by atoms with Gasteiger partial charge in [-0.2, -0.15) is 13.2 Å². The van der Waals surface area contributed by atoms with Gasteiger partial charge < -0.3 is 14.8 Å². The van der Waals surface area contributed by atoms with Gasteiger partial charge >= 0.3 is 6.18 Å². The van der Waals surface area contributed by atoms with E-state index in [0.717, 1.165) is 49.2 Å². The third-order valence-corrected chi connectivity index (χ3v) is 6.51. The minimum Gasteiger partial charge on any atom is -0.345 e. The topological polar surface area (TPSA) is 37.3 Å². The first-order chi connectivity index (χ1) is 14.8. The highest BCUT2D eigenvalue weighted by Crippen LogP contribution is 2.38. The summed E-state index contributed by atoms with van der Waals surface area (Å²) in [5, 5.41) is 2.67. The van der Waals surface area contributed by atoms with Crippen LogP contribution in [0.5, 0.6) is 0 Å². The summed E-state index contributed by atoms with van der Waals surface area (Å²) in [6, 6.07) is 7.55. The average Bonchev–Trinajstić information content (AvgIpc) is 3.05. The van der Waals surface area contributed by atoms with E-state index in [1.807, 2.05) is 13.0 Å². The molecule has 32 heavy (non-hydrogen) atoms. The number of amides is 1. The predicted octanol–water partition coefficient (Wildman–Crippen LogP) is 6.41. The van der Waals surface area contributed by atoms with Crippen molar-refractivity contribution in [1.29, 1.82) is 0 Å². The summed E-state index contributed by atoms with van der Waals surface area (Å²) in [7, 11) is 4.23. The second-order valence-corrected chi connectivity index (χ2v) is 10.1. The number of nitrogens with zero attached hydrogens (tertiary/aromatic N) is 2. The molecule has 0 saturated heterocycles. The van der Waals surface area contributed by atoms with Gasteiger partial charge in [-0.1, -0.05) is 26.8 Å². The largest absolute Gasteiger partial charge is 0.416 e. The van der Waals surface area contributed by atoms with Gasteiger partial charge in [-0.25, -0.2) is 0 Å². The summed E-state index contributed by atoms with van der Waals surface area (Å²) < 4.78 is 41.4. The summed E-state index contributed by atoms with van der Waals surface area (Å²) >= 11 is 0. The summed E-state index contributed by atoms with van der Waals surface area (Å²) in [5.74, 6) is -0.381. The molecule has 1 N–H and O–H groups in total. The Morgan fingerprint density at radius 2 is 1.69 bits per heavy atom. The third-order valence-electron chi connectivity index (χ3n) is 6.51. The van der Waals surface area contributed by atoms with Crippen molar-refractivity contribution in [3.63, 3.8) is 0 Å². The number of benzene rings is 1. The van der Waals surface area contributed by atoms with Gasteiger partial charge in [0.15, 0.2) is 0 Å². The predicted molar refractivity (Wildman–Crippen MR) is 122 cm³/mol. The number of anilines is 1. The molecule has 1 saturated carbocycles. The van der Waals surface area contributed by atoms with E-state index < -0.39 is 11.7 Å². The van der Waals surface area contributed by atoms with E-state index >= 15 is 0 Å². The van der Waals surface area contributed by atoms with Crippen LogP contribution in [0.2, 0.25) is 0 Å². The summed E-state index contributed by atoms with van der Waals surface area (Å²) in [4.78, 5) is 15.4. The number of halogens is 3. The van der Waals surface area contributed by atoms with Crippen LogP contribution in [0.25, 0.3) is 0 Å². The molecule has 0 radical (unpaired) electrons. The number of nitrogens with one attached hydrogen (secondary N) is 1. The maximum Gasteiger partial charge on any atom is 0.416 e. The number of hydrogen-bond acceptors (Lipinski definition) is 2. The van der Waals surface area contributed by atoms with Crippen molar-refractivity contribution in [3.8, 4) is 0 Å². The lowest BCUT2D eigenvalue weighted by atomic mass is 9.87. The van der Waals surface area contributed by atoms with E-state index in [1.165, 1.54) is 12.1 Å². The quantitative estimate of drug-likeness (QED) is 0.586. The summed E-state index contributed by atoms with van der Waals surface area (Å²) in [6.07, 6.45) is -0.174. The van der Waals surface area contributed by atoms with Crippen LogP contribution < -0.4 is 5.32 Å². The lowest BCUT2D eigenvalue weighted by Crippen LogP contribution is -2.34. The van der Waals surface area contributed by atoms with Gasteiger partial charge in [-0.15, -0.1) is 0 Å². The zero-order valence-corrected chi connectivity index (χ0v) is 19.8. The second kappa shape index (κ2) is 8.93. The van der Waals surface area contributed by atoms with Crippen molar-refractivity contribution in [2.75, 3.05) is 19.4 Å². The highest BCUT2D eigenvalue weighted by atomic mass is 19.4. The standard InChI is InChI=1S/C25H34F3N3O/c1-16-21(23(32)29-18-9-7-8-17(14-18)25(26,27)28)15-22(24(2,3)4)31(16)20-12-10-19(11-13-20)30(5)6/h7-9,14-15,19-20H,10-13H2,1-6H3,(H,29,32)/t19-,20+. The maximum absolute atomic E-state index is 13.1. The van der Waals surface area contributed by atoms with Crippen LogP contribution >= 0.6 is 0 Å². The first kappa shape index (κ1) is 24.4. The summed E-state index contributed by atoms with van der Waals surface area (Å²) in [5.41, 5.74) is 1.66. The zero-order chi connectivity index (χ0) is 23.8. The van der Waals surface area contributed by atoms with Crippen LogP contribution in [0.15, 0.2) is 30.3 Å². The minimum atomic E-state index is -4.45. The van der Waals surface area contributed by atoms with Crippen molar-refractivity contribution < 1.29 is 18.0 Å². The Bertz CT molecular complexity index is 962. The molecule has 1 heterocycles. The molecule has 0 unspecified atom stereocenters. The molecule has 4 nitrogen and oxygen atoms in total. The smallest absolute Gasteiger partial charge is 0.345 e. The molecular formula is C25H34F3N3O. The molecule has 176 valence electrons. The number of aromatic nitrogens is 1. The van der Waals surface area contributed by atoms with Gasteiger partial charge in [-0.05, 0) is 71.0 Å². The molecule has 0 bridgehead atoms. The minimum absolute atomic E-state index is 0.140. The van der Waals surface area contributed by atoms with Crippen molar-refractivity contribution in [1.82, 2.24) is 9.47 Å². The summed E-state index contributed by atoms with van der Waals surface area (Å²) in [6.45, 7) is 8.31. The number of rotatable bonds is 4. The fourth-order valence-corrected chi connectivity index (χ4v) is 4.70. The van der Waals surface area contributed by atoms with E-state index in [9.17, 15) is 18.0 Å². The molecule has 0 atom stereocenters. The van der Waals surface area contributed by atoms with Crippen molar-refractivity contribution >= 4 is 11.6 Å². The molecule has 1 aliphatic rings. The van der Waals surface area contributed by atoms with Crippen molar-refractivity contribution in [2.45, 2.75) is 77.1 Å². The first-order valence-electron chi connectivity index (χ1n) is 11.2. The lowest BCUT2D eigenvalue weighted by molar-refractivity contribution is -0.137. The molecule has 0 spiro atoms. The van der Waals surface area contributed by atoms with Crippen LogP contribution in [0, 0.1) is 6.92 Å². The van der Waals surface area contributed by atoms with Gasteiger partial charge in [0.25, 0.3) is 5.91 Å². The fraction of sp³-hybridized carbons (Fsp3) is 0.560. The Labute approximate surface area is 188 Å². The molecule has 1 aromatic heterocycles. The van der Waals surface area contributed by atoms with Gasteiger partial charge in [0.1, 0.15) is 0 Å². The van der Waals surface area contributed by atoms with Gasteiger partial charge in [0.2, 0.25) is 0 Å². The molecular weight excluding hydrogens is 415 g/mol. The molecule has 1 amide bonds. The van der Waals surface area contributed by atoms with E-state index in [4.69, 9.17) is 0 Å². The lowest BCUT2D eigenvalue weighted by Gasteiger charge is -2.36. The number of carbonyl (C=O) groups excluding carboxylic acids is 1. The number of hydrogen-bond donors (Lipinski definition) is 1. The normalized spacial score (nSPS) is 19.9. The number of alkyl halides is 3. The maximum atomic E-state index is 13.1. The van der Waals surface area contributed by atoms with E-state index in [-0.39, 0.29) is 17.0 Å². The molecule has 3 rings (SSSR count). The fourth-order valence-electron chi connectivity index (χ4n) is 4.70. The Kier molecular flexibility index (Phi) is 6.80. The van der Waals surface area contributed by atoms with Gasteiger partial charge in [0.05, 0.1) is 11.1 Å². The molecule has 1 fully saturated rings. The van der Waals surface area contributed by atoms with Gasteiger partial charge in [-0.3, -0.25) is 4.79 Å². The van der Waals surface area contributed by atoms with Crippen LogP contribution in [0.3, 0.4) is 0 Å². The van der Waals surface area contributed by atoms with E-state index in [1.54, 1.807) is 0 Å². The molecule has 1 aromatic carbocycles. The van der Waals surface area contributed by atoms with Crippen molar-refractivity contribution in [3.05, 3.63) is 52.8 Å². The van der Waals surface area contributed by atoms with Gasteiger partial charge in [0, 0.05) is 34.6 Å². The van der Waals surface area contributed by atoms with Crippen LogP contribution in [-0.2, 0) is 11.6 Å². The Morgan fingerprint density at radius 1 is 1.06 bits per heavy atom. The molecule has 2 aromatic rings. The third kappa shape index (κ3) is 5.20. The Balaban J connectivity index is 1.90. The number of carbonyl (C=O) groups is 1. The second-order valence-electron chi connectivity index (χ2n) is 10.1. The molecule has 0 aliphatic heterocycles. The Hall–Kier alpha value is -2.28. The monoisotopic (exact) mass is 449 g/mol. The Morgan fingerprint density at radius 3 is 2.22 bits per heavy atom. The molecule has 1 aliphatic carbocycles.